The fraction of sp³-hybridized carbons (Fsp3) is 0.333. The Hall–Kier alpha value is -1.26. The van der Waals surface area contributed by atoms with Gasteiger partial charge in [-0.05, 0) is 18.9 Å². The molecular weight excluding hydrogens is 160 g/mol. The molecule has 13 heavy (non-hydrogen) atoms. The van der Waals surface area contributed by atoms with Crippen LogP contribution in [-0.2, 0) is 0 Å². The molecule has 1 rings (SSSR count). The first-order chi connectivity index (χ1) is 6.24. The maximum absolute atomic E-state index is 9.65. The van der Waals surface area contributed by atoms with Crippen LogP contribution in [-0.4, -0.2) is 5.11 Å². The van der Waals surface area contributed by atoms with Gasteiger partial charge in [-0.15, -0.1) is 12.3 Å². The van der Waals surface area contributed by atoms with E-state index in [9.17, 15) is 5.11 Å². The standard InChI is InChI=1S/C12H14O/c1-3-4-5-12(13)11-8-6-10(2)7-9-11/h1,6-9,12-13H,4-5H2,2H3. The van der Waals surface area contributed by atoms with E-state index >= 15 is 0 Å². The summed E-state index contributed by atoms with van der Waals surface area (Å²) in [5.74, 6) is 2.52. The van der Waals surface area contributed by atoms with Crippen molar-refractivity contribution < 1.29 is 5.11 Å². The molecule has 1 unspecified atom stereocenters. The summed E-state index contributed by atoms with van der Waals surface area (Å²) in [6, 6.07) is 7.87. The zero-order valence-electron chi connectivity index (χ0n) is 7.83. The van der Waals surface area contributed by atoms with Crippen molar-refractivity contribution in [2.24, 2.45) is 0 Å². The number of hydrogen-bond acceptors (Lipinski definition) is 1. The molecule has 0 aliphatic carbocycles. The Kier molecular flexibility index (Phi) is 3.54. The molecule has 0 saturated carbocycles. The summed E-state index contributed by atoms with van der Waals surface area (Å²) in [7, 11) is 0. The molecule has 0 heterocycles. The number of hydrogen-bond donors (Lipinski definition) is 1. The third-order valence-corrected chi connectivity index (χ3v) is 2.02. The molecule has 0 bridgehead atoms. The molecule has 1 atom stereocenters. The van der Waals surface area contributed by atoms with Gasteiger partial charge in [0, 0.05) is 6.42 Å². The van der Waals surface area contributed by atoms with E-state index in [2.05, 4.69) is 5.92 Å². The third kappa shape index (κ3) is 2.93. The van der Waals surface area contributed by atoms with Gasteiger partial charge in [0.1, 0.15) is 0 Å². The normalized spacial score (nSPS) is 12.1. The average molecular weight is 174 g/mol. The fourth-order valence-electron chi connectivity index (χ4n) is 1.18. The first kappa shape index (κ1) is 9.83. The molecule has 0 amide bonds. The number of aryl methyl sites for hydroxylation is 1. The second-order valence-electron chi connectivity index (χ2n) is 3.17. The highest BCUT2D eigenvalue weighted by atomic mass is 16.3. The summed E-state index contributed by atoms with van der Waals surface area (Å²) in [5, 5.41) is 9.65. The van der Waals surface area contributed by atoms with Gasteiger partial charge in [0.2, 0.25) is 0 Å². The van der Waals surface area contributed by atoms with Crippen molar-refractivity contribution in [2.45, 2.75) is 25.9 Å². The first-order valence-electron chi connectivity index (χ1n) is 4.42. The summed E-state index contributed by atoms with van der Waals surface area (Å²) in [6.45, 7) is 2.03. The van der Waals surface area contributed by atoms with Crippen LogP contribution < -0.4 is 0 Å². The highest BCUT2D eigenvalue weighted by Gasteiger charge is 2.04. The Morgan fingerprint density at radius 1 is 1.38 bits per heavy atom. The van der Waals surface area contributed by atoms with Crippen LogP contribution in [0.25, 0.3) is 0 Å². The van der Waals surface area contributed by atoms with Crippen LogP contribution >= 0.6 is 0 Å². The van der Waals surface area contributed by atoms with Crippen LogP contribution in [0, 0.1) is 19.3 Å². The number of benzene rings is 1. The van der Waals surface area contributed by atoms with Gasteiger partial charge in [0.25, 0.3) is 0 Å². The van der Waals surface area contributed by atoms with Gasteiger partial charge < -0.3 is 5.11 Å². The van der Waals surface area contributed by atoms with Gasteiger partial charge in [0.05, 0.1) is 6.10 Å². The van der Waals surface area contributed by atoms with E-state index in [4.69, 9.17) is 6.42 Å². The van der Waals surface area contributed by atoms with Crippen molar-refractivity contribution in [3.8, 4) is 12.3 Å². The second kappa shape index (κ2) is 4.69. The van der Waals surface area contributed by atoms with E-state index in [1.165, 1.54) is 5.56 Å². The summed E-state index contributed by atoms with van der Waals surface area (Å²) in [4.78, 5) is 0. The topological polar surface area (TPSA) is 20.2 Å². The van der Waals surface area contributed by atoms with Crippen LogP contribution in [0.1, 0.15) is 30.1 Å². The third-order valence-electron chi connectivity index (χ3n) is 2.02. The van der Waals surface area contributed by atoms with Crippen LogP contribution in [0.4, 0.5) is 0 Å². The van der Waals surface area contributed by atoms with Crippen LogP contribution in [0.5, 0.6) is 0 Å². The molecule has 1 aromatic carbocycles. The van der Waals surface area contributed by atoms with Gasteiger partial charge in [-0.25, -0.2) is 0 Å². The maximum Gasteiger partial charge on any atom is 0.0799 e. The summed E-state index contributed by atoms with van der Waals surface area (Å²) in [6.07, 6.45) is 5.96. The minimum Gasteiger partial charge on any atom is -0.388 e. The minimum absolute atomic E-state index is 0.420. The summed E-state index contributed by atoms with van der Waals surface area (Å²) >= 11 is 0. The van der Waals surface area contributed by atoms with Gasteiger partial charge >= 0.3 is 0 Å². The molecule has 0 aliphatic rings. The molecule has 0 fully saturated rings. The highest BCUT2D eigenvalue weighted by Crippen LogP contribution is 2.17. The maximum atomic E-state index is 9.65. The molecule has 68 valence electrons. The zero-order valence-corrected chi connectivity index (χ0v) is 7.83. The molecule has 1 aromatic rings. The predicted molar refractivity (Wildman–Crippen MR) is 54.2 cm³/mol. The molecule has 1 nitrogen and oxygen atoms in total. The van der Waals surface area contributed by atoms with Crippen molar-refractivity contribution >= 4 is 0 Å². The molecule has 0 radical (unpaired) electrons. The lowest BCUT2D eigenvalue weighted by Gasteiger charge is -2.08. The van der Waals surface area contributed by atoms with Gasteiger partial charge in [-0.1, -0.05) is 29.8 Å². The largest absolute Gasteiger partial charge is 0.388 e. The first-order valence-corrected chi connectivity index (χ1v) is 4.42. The van der Waals surface area contributed by atoms with Gasteiger partial charge in [0.15, 0.2) is 0 Å². The molecule has 0 spiro atoms. The Bertz CT molecular complexity index is 292. The quantitative estimate of drug-likeness (QED) is 0.698. The number of aliphatic hydroxyl groups excluding tert-OH is 1. The van der Waals surface area contributed by atoms with Crippen molar-refractivity contribution in [1.29, 1.82) is 0 Å². The minimum atomic E-state index is -0.420. The fourth-order valence-corrected chi connectivity index (χ4v) is 1.18. The van der Waals surface area contributed by atoms with E-state index in [0.717, 1.165) is 5.56 Å². The van der Waals surface area contributed by atoms with Crippen molar-refractivity contribution in [3.63, 3.8) is 0 Å². The molecular formula is C12H14O. The van der Waals surface area contributed by atoms with Crippen molar-refractivity contribution in [3.05, 3.63) is 35.4 Å². The lowest BCUT2D eigenvalue weighted by molar-refractivity contribution is 0.169. The number of terminal acetylenes is 1. The number of aliphatic hydroxyl groups is 1. The summed E-state index contributed by atoms with van der Waals surface area (Å²) in [5.41, 5.74) is 2.15. The zero-order chi connectivity index (χ0) is 9.68. The van der Waals surface area contributed by atoms with Gasteiger partial charge in [-0.3, -0.25) is 0 Å². The molecule has 1 heteroatoms. The summed E-state index contributed by atoms with van der Waals surface area (Å²) < 4.78 is 0. The van der Waals surface area contributed by atoms with Crippen molar-refractivity contribution in [2.75, 3.05) is 0 Å². The molecule has 0 aromatic heterocycles. The Morgan fingerprint density at radius 2 is 2.00 bits per heavy atom. The SMILES string of the molecule is C#CCCC(O)c1ccc(C)cc1. The van der Waals surface area contributed by atoms with E-state index < -0.39 is 6.10 Å². The van der Waals surface area contributed by atoms with Crippen LogP contribution in [0.2, 0.25) is 0 Å². The van der Waals surface area contributed by atoms with Crippen LogP contribution in [0.3, 0.4) is 0 Å². The number of rotatable bonds is 3. The van der Waals surface area contributed by atoms with E-state index in [1.54, 1.807) is 0 Å². The van der Waals surface area contributed by atoms with E-state index in [0.29, 0.717) is 12.8 Å². The predicted octanol–water partition coefficient (Wildman–Crippen LogP) is 2.44. The average Bonchev–Trinajstić information content (AvgIpc) is 2.15. The Morgan fingerprint density at radius 3 is 2.54 bits per heavy atom. The highest BCUT2D eigenvalue weighted by molar-refractivity contribution is 5.23. The monoisotopic (exact) mass is 174 g/mol. The Labute approximate surface area is 79.4 Å². The van der Waals surface area contributed by atoms with E-state index in [-0.39, 0.29) is 0 Å². The van der Waals surface area contributed by atoms with Gasteiger partial charge in [-0.2, -0.15) is 0 Å². The smallest absolute Gasteiger partial charge is 0.0799 e. The molecule has 1 N–H and O–H groups in total. The van der Waals surface area contributed by atoms with Crippen LogP contribution in [0.15, 0.2) is 24.3 Å². The Balaban J connectivity index is 2.62. The molecule has 0 saturated heterocycles. The lowest BCUT2D eigenvalue weighted by Crippen LogP contribution is -1.96. The second-order valence-corrected chi connectivity index (χ2v) is 3.17. The lowest BCUT2D eigenvalue weighted by atomic mass is 10.0. The molecule has 0 aliphatic heterocycles. The van der Waals surface area contributed by atoms with Crippen molar-refractivity contribution in [1.82, 2.24) is 0 Å². The van der Waals surface area contributed by atoms with E-state index in [1.807, 2.05) is 31.2 Å².